The molecule has 106 valence electrons. The van der Waals surface area contributed by atoms with Crippen LogP contribution < -0.4 is 10.2 Å². The van der Waals surface area contributed by atoms with Crippen LogP contribution in [0.4, 0.5) is 5.82 Å². The lowest BCUT2D eigenvalue weighted by molar-refractivity contribution is 0.555. The Labute approximate surface area is 120 Å². The highest BCUT2D eigenvalue weighted by Crippen LogP contribution is 2.13. The van der Waals surface area contributed by atoms with Crippen molar-refractivity contribution in [2.45, 2.75) is 26.4 Å². The first-order chi connectivity index (χ1) is 9.58. The van der Waals surface area contributed by atoms with E-state index in [0.717, 1.165) is 29.3 Å². The maximum Gasteiger partial charge on any atom is 0.127 e. The molecule has 0 bridgehead atoms. The Balaban J connectivity index is 1.96. The van der Waals surface area contributed by atoms with Gasteiger partial charge >= 0.3 is 0 Å². The number of hydrogen-bond acceptors (Lipinski definition) is 5. The molecule has 20 heavy (non-hydrogen) atoms. The number of pyridine rings is 1. The van der Waals surface area contributed by atoms with Crippen molar-refractivity contribution in [3.63, 3.8) is 0 Å². The number of hydrogen-bond donors (Lipinski definition) is 1. The van der Waals surface area contributed by atoms with Crippen LogP contribution in [-0.2, 0) is 6.54 Å². The van der Waals surface area contributed by atoms with Crippen molar-refractivity contribution >= 4 is 5.82 Å². The second-order valence-electron chi connectivity index (χ2n) is 5.05. The van der Waals surface area contributed by atoms with Crippen molar-refractivity contribution in [3.8, 4) is 0 Å². The highest BCUT2D eigenvalue weighted by molar-refractivity contribution is 5.37. The first-order valence-electron chi connectivity index (χ1n) is 6.71. The quantitative estimate of drug-likeness (QED) is 0.902. The fourth-order valence-corrected chi connectivity index (χ4v) is 2.00. The summed E-state index contributed by atoms with van der Waals surface area (Å²) in [5.41, 5.74) is 3.11. The molecule has 0 radical (unpaired) electrons. The van der Waals surface area contributed by atoms with E-state index >= 15 is 0 Å². The summed E-state index contributed by atoms with van der Waals surface area (Å²) < 4.78 is 0. The van der Waals surface area contributed by atoms with Gasteiger partial charge in [-0.25, -0.2) is 4.98 Å². The largest absolute Gasteiger partial charge is 0.363 e. The van der Waals surface area contributed by atoms with E-state index in [-0.39, 0.29) is 6.04 Å². The van der Waals surface area contributed by atoms with Gasteiger partial charge in [0.2, 0.25) is 0 Å². The molecule has 0 saturated carbocycles. The number of anilines is 1. The van der Waals surface area contributed by atoms with Gasteiger partial charge in [-0.1, -0.05) is 6.07 Å². The van der Waals surface area contributed by atoms with Gasteiger partial charge in [0.25, 0.3) is 0 Å². The van der Waals surface area contributed by atoms with E-state index in [1.54, 1.807) is 12.4 Å². The molecule has 2 aromatic rings. The Bertz CT molecular complexity index is 550. The number of rotatable bonds is 5. The molecule has 0 amide bonds. The summed E-state index contributed by atoms with van der Waals surface area (Å²) >= 11 is 0. The zero-order valence-electron chi connectivity index (χ0n) is 12.5. The van der Waals surface area contributed by atoms with Gasteiger partial charge in [0.1, 0.15) is 5.82 Å². The molecule has 0 aromatic carbocycles. The molecule has 0 spiro atoms. The van der Waals surface area contributed by atoms with Crippen LogP contribution in [0.15, 0.2) is 30.7 Å². The SMILES string of the molecule is Cc1nccnc1C(C)NCc1ccc(N(C)C)nc1. The maximum atomic E-state index is 4.40. The Morgan fingerprint density at radius 2 is 1.90 bits per heavy atom. The smallest absolute Gasteiger partial charge is 0.127 e. The Hall–Kier alpha value is -2.01. The summed E-state index contributed by atoms with van der Waals surface area (Å²) in [7, 11) is 3.97. The number of aromatic nitrogens is 3. The van der Waals surface area contributed by atoms with Gasteiger partial charge in [-0.15, -0.1) is 0 Å². The monoisotopic (exact) mass is 271 g/mol. The first-order valence-corrected chi connectivity index (χ1v) is 6.71. The summed E-state index contributed by atoms with van der Waals surface area (Å²) in [6.07, 6.45) is 5.35. The standard InChI is InChI=1S/C15H21N5/c1-11-15(17-8-7-16-11)12(2)18-9-13-5-6-14(19-10-13)20(3)4/h5-8,10,12,18H,9H2,1-4H3. The number of nitrogens with one attached hydrogen (secondary N) is 1. The van der Waals surface area contributed by atoms with Crippen LogP contribution >= 0.6 is 0 Å². The lowest BCUT2D eigenvalue weighted by atomic mass is 10.1. The van der Waals surface area contributed by atoms with E-state index in [1.807, 2.05) is 38.2 Å². The normalized spacial score (nSPS) is 12.2. The molecular formula is C15H21N5. The molecule has 1 N–H and O–H groups in total. The first kappa shape index (κ1) is 14.4. The third kappa shape index (κ3) is 3.51. The van der Waals surface area contributed by atoms with Crippen molar-refractivity contribution in [1.82, 2.24) is 20.3 Å². The molecule has 2 heterocycles. The molecule has 1 atom stereocenters. The fraction of sp³-hybridized carbons (Fsp3) is 0.400. The zero-order valence-corrected chi connectivity index (χ0v) is 12.5. The highest BCUT2D eigenvalue weighted by Gasteiger charge is 2.09. The highest BCUT2D eigenvalue weighted by atomic mass is 15.1. The molecule has 5 heteroatoms. The molecule has 0 aliphatic heterocycles. The third-order valence-electron chi connectivity index (χ3n) is 3.21. The van der Waals surface area contributed by atoms with Crippen LogP contribution in [0.2, 0.25) is 0 Å². The Morgan fingerprint density at radius 1 is 1.15 bits per heavy atom. The minimum atomic E-state index is 0.164. The molecule has 0 saturated heterocycles. The van der Waals surface area contributed by atoms with Gasteiger partial charge in [-0.05, 0) is 25.5 Å². The van der Waals surface area contributed by atoms with E-state index in [1.165, 1.54) is 0 Å². The van der Waals surface area contributed by atoms with Crippen molar-refractivity contribution in [1.29, 1.82) is 0 Å². The molecule has 2 rings (SSSR count). The van der Waals surface area contributed by atoms with Gasteiger partial charge < -0.3 is 10.2 Å². The van der Waals surface area contributed by atoms with E-state index in [2.05, 4.69) is 33.3 Å². The summed E-state index contributed by atoms with van der Waals surface area (Å²) in [6.45, 7) is 4.84. The third-order valence-corrected chi connectivity index (χ3v) is 3.21. The van der Waals surface area contributed by atoms with Crippen LogP contribution in [0.25, 0.3) is 0 Å². The molecule has 0 fully saturated rings. The van der Waals surface area contributed by atoms with Crippen molar-refractivity contribution in [2.24, 2.45) is 0 Å². The molecule has 2 aromatic heterocycles. The van der Waals surface area contributed by atoms with Gasteiger partial charge in [-0.3, -0.25) is 9.97 Å². The topological polar surface area (TPSA) is 53.9 Å². The van der Waals surface area contributed by atoms with Gasteiger partial charge in [-0.2, -0.15) is 0 Å². The van der Waals surface area contributed by atoms with E-state index in [0.29, 0.717) is 0 Å². The van der Waals surface area contributed by atoms with Crippen LogP contribution in [0.1, 0.15) is 29.9 Å². The average molecular weight is 271 g/mol. The molecule has 0 aliphatic rings. The van der Waals surface area contributed by atoms with Crippen LogP contribution in [0, 0.1) is 6.92 Å². The predicted molar refractivity (Wildman–Crippen MR) is 80.6 cm³/mol. The van der Waals surface area contributed by atoms with Gasteiger partial charge in [0.05, 0.1) is 11.4 Å². The number of aryl methyl sites for hydroxylation is 1. The molecule has 5 nitrogen and oxygen atoms in total. The minimum Gasteiger partial charge on any atom is -0.363 e. The summed E-state index contributed by atoms with van der Waals surface area (Å²) in [4.78, 5) is 15.0. The average Bonchev–Trinajstić information content (AvgIpc) is 2.45. The van der Waals surface area contributed by atoms with E-state index in [9.17, 15) is 0 Å². The van der Waals surface area contributed by atoms with Crippen molar-refractivity contribution < 1.29 is 0 Å². The molecule has 0 aliphatic carbocycles. The summed E-state index contributed by atoms with van der Waals surface area (Å²) in [5.74, 6) is 0.964. The lowest BCUT2D eigenvalue weighted by Gasteiger charge is -2.15. The predicted octanol–water partition coefficient (Wildman–Crippen LogP) is 2.10. The van der Waals surface area contributed by atoms with Crippen LogP contribution in [-0.4, -0.2) is 29.0 Å². The van der Waals surface area contributed by atoms with E-state index in [4.69, 9.17) is 0 Å². The lowest BCUT2D eigenvalue weighted by Crippen LogP contribution is -2.20. The summed E-state index contributed by atoms with van der Waals surface area (Å²) in [6, 6.07) is 4.28. The second kappa shape index (κ2) is 6.43. The molecule has 1 unspecified atom stereocenters. The summed E-state index contributed by atoms with van der Waals surface area (Å²) in [5, 5.41) is 3.45. The fourth-order valence-electron chi connectivity index (χ4n) is 2.00. The second-order valence-corrected chi connectivity index (χ2v) is 5.05. The van der Waals surface area contributed by atoms with Crippen LogP contribution in [0.3, 0.4) is 0 Å². The minimum absolute atomic E-state index is 0.164. The van der Waals surface area contributed by atoms with E-state index < -0.39 is 0 Å². The van der Waals surface area contributed by atoms with Gasteiger partial charge in [0, 0.05) is 45.3 Å². The zero-order chi connectivity index (χ0) is 14.5. The Morgan fingerprint density at radius 3 is 2.50 bits per heavy atom. The maximum absolute atomic E-state index is 4.40. The number of nitrogens with zero attached hydrogens (tertiary/aromatic N) is 4. The van der Waals surface area contributed by atoms with Crippen molar-refractivity contribution in [2.75, 3.05) is 19.0 Å². The molecular weight excluding hydrogens is 250 g/mol. The Kier molecular flexibility index (Phi) is 4.63. The van der Waals surface area contributed by atoms with Crippen LogP contribution in [0.5, 0.6) is 0 Å². The van der Waals surface area contributed by atoms with Gasteiger partial charge in [0.15, 0.2) is 0 Å². The van der Waals surface area contributed by atoms with Crippen molar-refractivity contribution in [3.05, 3.63) is 47.7 Å².